The van der Waals surface area contributed by atoms with E-state index in [0.29, 0.717) is 35.7 Å². The molecule has 0 saturated heterocycles. The Kier molecular flexibility index (Phi) is 2.62. The third-order valence-electron chi connectivity index (χ3n) is 3.28. The molecule has 5 heteroatoms. The number of carboxylic acids is 1. The van der Waals surface area contributed by atoms with Gasteiger partial charge in [0.2, 0.25) is 0 Å². The summed E-state index contributed by atoms with van der Waals surface area (Å²) in [7, 11) is 0. The van der Waals surface area contributed by atoms with Gasteiger partial charge >= 0.3 is 5.97 Å². The topological polar surface area (TPSA) is 60.7 Å². The van der Waals surface area contributed by atoms with Gasteiger partial charge in [-0.1, -0.05) is 0 Å². The van der Waals surface area contributed by atoms with Crippen LogP contribution in [0.2, 0.25) is 0 Å². The van der Waals surface area contributed by atoms with E-state index in [-0.39, 0.29) is 6.04 Å². The summed E-state index contributed by atoms with van der Waals surface area (Å²) in [6.45, 7) is 5.04. The van der Waals surface area contributed by atoms with Crippen molar-refractivity contribution in [3.05, 3.63) is 23.9 Å². The molecule has 0 fully saturated rings. The number of hydrogen-bond donors (Lipinski definition) is 1. The first-order valence-corrected chi connectivity index (χ1v) is 6.25. The van der Waals surface area contributed by atoms with Gasteiger partial charge in [-0.05, 0) is 19.9 Å². The first-order chi connectivity index (χ1) is 9.08. The summed E-state index contributed by atoms with van der Waals surface area (Å²) in [6.07, 6.45) is 1.67. The van der Waals surface area contributed by atoms with Gasteiger partial charge in [-0.25, -0.2) is 4.79 Å². The van der Waals surface area contributed by atoms with Crippen molar-refractivity contribution in [2.24, 2.45) is 0 Å². The van der Waals surface area contributed by atoms with Crippen LogP contribution in [-0.4, -0.2) is 28.9 Å². The average Bonchev–Trinajstić information content (AvgIpc) is 2.74. The van der Waals surface area contributed by atoms with Gasteiger partial charge in [0.1, 0.15) is 13.2 Å². The van der Waals surface area contributed by atoms with Crippen LogP contribution in [0.3, 0.4) is 0 Å². The highest BCUT2D eigenvalue weighted by Crippen LogP contribution is 2.37. The molecule has 0 amide bonds. The van der Waals surface area contributed by atoms with E-state index in [1.807, 2.05) is 24.5 Å². The van der Waals surface area contributed by atoms with Crippen molar-refractivity contribution in [3.8, 4) is 11.5 Å². The second-order valence-corrected chi connectivity index (χ2v) is 4.86. The number of carbonyl (C=O) groups is 1. The summed E-state index contributed by atoms with van der Waals surface area (Å²) >= 11 is 0. The predicted molar refractivity (Wildman–Crippen MR) is 70.3 cm³/mol. The number of aromatic nitrogens is 1. The average molecular weight is 261 g/mol. The van der Waals surface area contributed by atoms with E-state index in [4.69, 9.17) is 9.47 Å². The molecule has 2 aromatic rings. The van der Waals surface area contributed by atoms with Crippen molar-refractivity contribution >= 4 is 16.9 Å². The van der Waals surface area contributed by atoms with Gasteiger partial charge < -0.3 is 19.1 Å². The summed E-state index contributed by atoms with van der Waals surface area (Å²) in [5.74, 6) is 0.361. The minimum Gasteiger partial charge on any atom is -0.486 e. The molecule has 100 valence electrons. The number of nitrogens with zero attached hydrogens (tertiary/aromatic N) is 1. The SMILES string of the molecule is CC(C)n1cc(C(=O)O)c2cc3c(cc21)OCCO3. The maximum Gasteiger partial charge on any atom is 0.337 e. The molecule has 0 radical (unpaired) electrons. The minimum absolute atomic E-state index is 0.179. The molecule has 2 heterocycles. The first kappa shape index (κ1) is 11.9. The van der Waals surface area contributed by atoms with Crippen LogP contribution in [0.15, 0.2) is 18.3 Å². The molecule has 0 spiro atoms. The second kappa shape index (κ2) is 4.19. The third-order valence-corrected chi connectivity index (χ3v) is 3.28. The molecule has 1 aliphatic rings. The van der Waals surface area contributed by atoms with Crippen LogP contribution in [-0.2, 0) is 0 Å². The molecule has 1 aromatic carbocycles. The zero-order chi connectivity index (χ0) is 13.6. The molecule has 19 heavy (non-hydrogen) atoms. The van der Waals surface area contributed by atoms with E-state index >= 15 is 0 Å². The molecule has 0 saturated carbocycles. The van der Waals surface area contributed by atoms with Crippen molar-refractivity contribution in [2.45, 2.75) is 19.9 Å². The number of benzene rings is 1. The standard InChI is InChI=1S/C14H15NO4/c1-8(2)15-7-10(14(16)17)9-5-12-13(6-11(9)15)19-4-3-18-12/h5-8H,3-4H2,1-2H3,(H,16,17). The molecular formula is C14H15NO4. The maximum atomic E-state index is 11.3. The Balaban J connectivity index is 2.31. The van der Waals surface area contributed by atoms with Crippen molar-refractivity contribution in [1.29, 1.82) is 0 Å². The molecule has 1 aliphatic heterocycles. The number of carboxylic acid groups (broad SMARTS) is 1. The molecule has 3 rings (SSSR count). The van der Waals surface area contributed by atoms with Gasteiger partial charge in [0.05, 0.1) is 11.1 Å². The number of fused-ring (bicyclic) bond motifs is 2. The van der Waals surface area contributed by atoms with Crippen molar-refractivity contribution in [3.63, 3.8) is 0 Å². The minimum atomic E-state index is -0.930. The Morgan fingerprint density at radius 2 is 1.89 bits per heavy atom. The Morgan fingerprint density at radius 1 is 1.26 bits per heavy atom. The summed E-state index contributed by atoms with van der Waals surface area (Å²) in [5.41, 5.74) is 1.15. The predicted octanol–water partition coefficient (Wildman–Crippen LogP) is 2.69. The van der Waals surface area contributed by atoms with Crippen molar-refractivity contribution in [2.75, 3.05) is 13.2 Å². The quantitative estimate of drug-likeness (QED) is 0.902. The van der Waals surface area contributed by atoms with E-state index in [1.54, 1.807) is 12.3 Å². The Hall–Kier alpha value is -2.17. The van der Waals surface area contributed by atoms with Crippen LogP contribution in [0.4, 0.5) is 0 Å². The largest absolute Gasteiger partial charge is 0.486 e. The highest BCUT2D eigenvalue weighted by Gasteiger charge is 2.20. The van der Waals surface area contributed by atoms with E-state index in [1.165, 1.54) is 0 Å². The fourth-order valence-corrected chi connectivity index (χ4v) is 2.38. The fraction of sp³-hybridized carbons (Fsp3) is 0.357. The molecule has 0 atom stereocenters. The molecular weight excluding hydrogens is 246 g/mol. The van der Waals surface area contributed by atoms with Crippen LogP contribution in [0.5, 0.6) is 11.5 Å². The van der Waals surface area contributed by atoms with Gasteiger partial charge in [-0.3, -0.25) is 0 Å². The third kappa shape index (κ3) is 1.82. The van der Waals surface area contributed by atoms with Gasteiger partial charge in [-0.15, -0.1) is 0 Å². The lowest BCUT2D eigenvalue weighted by atomic mass is 10.1. The highest BCUT2D eigenvalue weighted by atomic mass is 16.6. The van der Waals surface area contributed by atoms with E-state index < -0.39 is 5.97 Å². The Bertz CT molecular complexity index is 657. The van der Waals surface area contributed by atoms with Crippen LogP contribution in [0, 0.1) is 0 Å². The number of rotatable bonds is 2. The molecule has 1 N–H and O–H groups in total. The number of aromatic carboxylic acids is 1. The molecule has 5 nitrogen and oxygen atoms in total. The lowest BCUT2D eigenvalue weighted by molar-refractivity contribution is 0.0698. The molecule has 0 aliphatic carbocycles. The zero-order valence-corrected chi connectivity index (χ0v) is 10.8. The number of hydrogen-bond acceptors (Lipinski definition) is 3. The van der Waals surface area contributed by atoms with Crippen LogP contribution in [0.25, 0.3) is 10.9 Å². The van der Waals surface area contributed by atoms with Crippen LogP contribution in [0.1, 0.15) is 30.2 Å². The maximum absolute atomic E-state index is 11.3. The summed E-state index contributed by atoms with van der Waals surface area (Å²) < 4.78 is 13.0. The van der Waals surface area contributed by atoms with E-state index in [9.17, 15) is 9.90 Å². The summed E-state index contributed by atoms with van der Waals surface area (Å²) in [4.78, 5) is 11.3. The zero-order valence-electron chi connectivity index (χ0n) is 10.8. The summed E-state index contributed by atoms with van der Waals surface area (Å²) in [5, 5.41) is 9.98. The first-order valence-electron chi connectivity index (χ1n) is 6.25. The van der Waals surface area contributed by atoms with Crippen molar-refractivity contribution in [1.82, 2.24) is 4.57 Å². The van der Waals surface area contributed by atoms with E-state index in [2.05, 4.69) is 0 Å². The van der Waals surface area contributed by atoms with E-state index in [0.717, 1.165) is 5.52 Å². The fourth-order valence-electron chi connectivity index (χ4n) is 2.38. The van der Waals surface area contributed by atoms with Crippen molar-refractivity contribution < 1.29 is 19.4 Å². The van der Waals surface area contributed by atoms with Gasteiger partial charge in [0.25, 0.3) is 0 Å². The van der Waals surface area contributed by atoms with Gasteiger partial charge in [0.15, 0.2) is 11.5 Å². The lowest BCUT2D eigenvalue weighted by Gasteiger charge is -2.19. The summed E-state index contributed by atoms with van der Waals surface area (Å²) in [6, 6.07) is 3.79. The Morgan fingerprint density at radius 3 is 2.47 bits per heavy atom. The smallest absolute Gasteiger partial charge is 0.337 e. The molecule has 0 unspecified atom stereocenters. The number of ether oxygens (including phenoxy) is 2. The lowest BCUT2D eigenvalue weighted by Crippen LogP contribution is -2.15. The van der Waals surface area contributed by atoms with Crippen LogP contribution < -0.4 is 9.47 Å². The normalized spacial score (nSPS) is 14.1. The molecule has 1 aromatic heterocycles. The van der Waals surface area contributed by atoms with Gasteiger partial charge in [-0.2, -0.15) is 0 Å². The monoisotopic (exact) mass is 261 g/mol. The highest BCUT2D eigenvalue weighted by molar-refractivity contribution is 6.04. The second-order valence-electron chi connectivity index (χ2n) is 4.86. The van der Waals surface area contributed by atoms with Gasteiger partial charge in [0, 0.05) is 23.7 Å². The van der Waals surface area contributed by atoms with Crippen LogP contribution >= 0.6 is 0 Å². The molecule has 0 bridgehead atoms. The Labute approximate surface area is 110 Å².